The molecule has 0 spiro atoms. The van der Waals surface area contributed by atoms with E-state index in [-0.39, 0.29) is 0 Å². The summed E-state index contributed by atoms with van der Waals surface area (Å²) in [7, 11) is 0. The van der Waals surface area contributed by atoms with E-state index in [9.17, 15) is 0 Å². The van der Waals surface area contributed by atoms with Crippen molar-refractivity contribution in [2.45, 2.75) is 51.7 Å². The third-order valence-electron chi connectivity index (χ3n) is 4.24. The highest BCUT2D eigenvalue weighted by Gasteiger charge is 2.37. The lowest BCUT2D eigenvalue weighted by molar-refractivity contribution is 0.0287. The average Bonchev–Trinajstić information content (AvgIpc) is 2.76. The van der Waals surface area contributed by atoms with Crippen molar-refractivity contribution in [2.24, 2.45) is 0 Å². The van der Waals surface area contributed by atoms with E-state index in [4.69, 9.17) is 0 Å². The molecule has 1 saturated heterocycles. The molecule has 1 unspecified atom stereocenters. The predicted molar refractivity (Wildman–Crippen MR) is 83.2 cm³/mol. The number of thiophene rings is 1. The van der Waals surface area contributed by atoms with Crippen LogP contribution in [0.5, 0.6) is 0 Å². The standard InChI is InChI=1S/C14H23BrN2S/c1-4-14(5-2)10-16-11(3)8-17(14)9-12-6-7-13(15)18-12/h6-7,11,16H,4-5,8-10H2,1-3H3. The van der Waals surface area contributed by atoms with Crippen molar-refractivity contribution in [1.82, 2.24) is 10.2 Å². The van der Waals surface area contributed by atoms with Crippen LogP contribution in [0, 0.1) is 0 Å². The monoisotopic (exact) mass is 330 g/mol. The minimum absolute atomic E-state index is 0.336. The zero-order chi connectivity index (χ0) is 13.2. The second-order valence-corrected chi connectivity index (χ2v) is 7.85. The fourth-order valence-electron chi connectivity index (χ4n) is 2.87. The van der Waals surface area contributed by atoms with Crippen LogP contribution >= 0.6 is 27.3 Å². The summed E-state index contributed by atoms with van der Waals surface area (Å²) in [6.45, 7) is 10.3. The van der Waals surface area contributed by atoms with Crippen molar-refractivity contribution in [2.75, 3.05) is 13.1 Å². The van der Waals surface area contributed by atoms with Crippen LogP contribution in [0.4, 0.5) is 0 Å². The smallest absolute Gasteiger partial charge is 0.0701 e. The normalized spacial score (nSPS) is 24.3. The Kier molecular flexibility index (Phi) is 4.86. The molecule has 0 aromatic carbocycles. The van der Waals surface area contributed by atoms with Crippen LogP contribution in [0.3, 0.4) is 0 Å². The molecule has 0 aliphatic carbocycles. The Balaban J connectivity index is 2.15. The van der Waals surface area contributed by atoms with Crippen molar-refractivity contribution in [3.63, 3.8) is 0 Å². The summed E-state index contributed by atoms with van der Waals surface area (Å²) >= 11 is 5.42. The second kappa shape index (κ2) is 6.04. The number of nitrogens with zero attached hydrogens (tertiary/aromatic N) is 1. The van der Waals surface area contributed by atoms with Gasteiger partial charge in [-0.05, 0) is 47.8 Å². The molecule has 2 rings (SSSR count). The molecule has 1 aromatic rings. The van der Waals surface area contributed by atoms with Crippen LogP contribution < -0.4 is 5.32 Å². The summed E-state index contributed by atoms with van der Waals surface area (Å²) in [5.41, 5.74) is 0.336. The molecule has 1 atom stereocenters. The first-order valence-electron chi connectivity index (χ1n) is 6.82. The van der Waals surface area contributed by atoms with E-state index >= 15 is 0 Å². The number of rotatable bonds is 4. The Labute approximate surface area is 123 Å². The first-order valence-corrected chi connectivity index (χ1v) is 8.43. The molecule has 0 saturated carbocycles. The maximum absolute atomic E-state index is 3.65. The van der Waals surface area contributed by atoms with E-state index in [1.54, 1.807) is 0 Å². The maximum atomic E-state index is 3.65. The number of piperazine rings is 1. The highest BCUT2D eigenvalue weighted by Crippen LogP contribution is 2.31. The Hall–Kier alpha value is 0.1000. The van der Waals surface area contributed by atoms with Crippen LogP contribution in [0.1, 0.15) is 38.5 Å². The Morgan fingerprint density at radius 1 is 1.44 bits per heavy atom. The lowest BCUT2D eigenvalue weighted by Crippen LogP contribution is -2.63. The third kappa shape index (κ3) is 2.98. The van der Waals surface area contributed by atoms with Gasteiger partial charge in [0.15, 0.2) is 0 Å². The first-order chi connectivity index (χ1) is 8.59. The predicted octanol–water partition coefficient (Wildman–Crippen LogP) is 3.86. The molecule has 1 N–H and O–H groups in total. The number of hydrogen-bond donors (Lipinski definition) is 1. The van der Waals surface area contributed by atoms with Gasteiger partial charge in [-0.25, -0.2) is 0 Å². The van der Waals surface area contributed by atoms with Gasteiger partial charge in [0.2, 0.25) is 0 Å². The van der Waals surface area contributed by atoms with Crippen LogP contribution in [-0.4, -0.2) is 29.6 Å². The molecule has 1 aromatic heterocycles. The molecule has 1 aliphatic heterocycles. The molecule has 2 heterocycles. The van der Waals surface area contributed by atoms with Crippen LogP contribution in [0.2, 0.25) is 0 Å². The third-order valence-corrected chi connectivity index (χ3v) is 5.84. The Morgan fingerprint density at radius 3 is 2.72 bits per heavy atom. The van der Waals surface area contributed by atoms with Crippen molar-refractivity contribution >= 4 is 27.3 Å². The van der Waals surface area contributed by atoms with Gasteiger partial charge in [-0.2, -0.15) is 0 Å². The van der Waals surface area contributed by atoms with Crippen molar-refractivity contribution < 1.29 is 0 Å². The molecule has 2 nitrogen and oxygen atoms in total. The largest absolute Gasteiger partial charge is 0.311 e. The van der Waals surface area contributed by atoms with Crippen molar-refractivity contribution in [3.05, 3.63) is 20.8 Å². The second-order valence-electron chi connectivity index (χ2n) is 5.30. The van der Waals surface area contributed by atoms with Gasteiger partial charge in [-0.1, -0.05) is 13.8 Å². The summed E-state index contributed by atoms with van der Waals surface area (Å²) in [6.07, 6.45) is 2.44. The molecule has 1 fully saturated rings. The first kappa shape index (κ1) is 14.5. The Bertz CT molecular complexity index is 387. The molecule has 102 valence electrons. The lowest BCUT2D eigenvalue weighted by Gasteiger charge is -2.49. The summed E-state index contributed by atoms with van der Waals surface area (Å²) in [4.78, 5) is 4.15. The summed E-state index contributed by atoms with van der Waals surface area (Å²) < 4.78 is 1.24. The minimum Gasteiger partial charge on any atom is -0.311 e. The van der Waals surface area contributed by atoms with E-state index in [1.807, 2.05) is 11.3 Å². The number of nitrogens with one attached hydrogen (secondary N) is 1. The number of halogens is 1. The molecular formula is C14H23BrN2S. The molecular weight excluding hydrogens is 308 g/mol. The van der Waals surface area contributed by atoms with Gasteiger partial charge in [0.1, 0.15) is 0 Å². The van der Waals surface area contributed by atoms with Crippen molar-refractivity contribution in [3.8, 4) is 0 Å². The minimum atomic E-state index is 0.336. The fraction of sp³-hybridized carbons (Fsp3) is 0.714. The molecule has 18 heavy (non-hydrogen) atoms. The highest BCUT2D eigenvalue weighted by molar-refractivity contribution is 9.11. The maximum Gasteiger partial charge on any atom is 0.0701 e. The zero-order valence-electron chi connectivity index (χ0n) is 11.5. The van der Waals surface area contributed by atoms with Crippen LogP contribution in [0.15, 0.2) is 15.9 Å². The van der Waals surface area contributed by atoms with Gasteiger partial charge < -0.3 is 5.32 Å². The van der Waals surface area contributed by atoms with Crippen LogP contribution in [-0.2, 0) is 6.54 Å². The molecule has 1 aliphatic rings. The summed E-state index contributed by atoms with van der Waals surface area (Å²) in [5, 5.41) is 3.65. The van der Waals surface area contributed by atoms with Crippen LogP contribution in [0.25, 0.3) is 0 Å². The SMILES string of the molecule is CCC1(CC)CNC(C)CN1Cc1ccc(Br)s1. The molecule has 4 heteroatoms. The fourth-order valence-corrected chi connectivity index (χ4v) is 4.37. The van der Waals surface area contributed by atoms with Gasteiger partial charge in [0.05, 0.1) is 3.79 Å². The van der Waals surface area contributed by atoms with E-state index in [0.717, 1.165) is 19.6 Å². The lowest BCUT2D eigenvalue weighted by atomic mass is 9.87. The quantitative estimate of drug-likeness (QED) is 0.901. The van der Waals surface area contributed by atoms with E-state index in [2.05, 4.69) is 59.1 Å². The zero-order valence-corrected chi connectivity index (χ0v) is 13.9. The summed E-state index contributed by atoms with van der Waals surface area (Å²) in [6, 6.07) is 5.00. The molecule has 0 amide bonds. The average molecular weight is 331 g/mol. The number of hydrogen-bond acceptors (Lipinski definition) is 3. The topological polar surface area (TPSA) is 15.3 Å². The summed E-state index contributed by atoms with van der Waals surface area (Å²) in [5.74, 6) is 0. The van der Waals surface area contributed by atoms with Gasteiger partial charge in [-0.3, -0.25) is 4.90 Å². The van der Waals surface area contributed by atoms with Gasteiger partial charge in [0.25, 0.3) is 0 Å². The van der Waals surface area contributed by atoms with Gasteiger partial charge in [0, 0.05) is 36.1 Å². The molecule has 0 radical (unpaired) electrons. The highest BCUT2D eigenvalue weighted by atomic mass is 79.9. The Morgan fingerprint density at radius 2 is 2.17 bits per heavy atom. The van der Waals surface area contributed by atoms with E-state index < -0.39 is 0 Å². The van der Waals surface area contributed by atoms with Gasteiger partial charge >= 0.3 is 0 Å². The molecule has 0 bridgehead atoms. The van der Waals surface area contributed by atoms with E-state index in [1.165, 1.54) is 21.5 Å². The van der Waals surface area contributed by atoms with Gasteiger partial charge in [-0.15, -0.1) is 11.3 Å². The van der Waals surface area contributed by atoms with Crippen molar-refractivity contribution in [1.29, 1.82) is 0 Å². The van der Waals surface area contributed by atoms with E-state index in [0.29, 0.717) is 11.6 Å².